The summed E-state index contributed by atoms with van der Waals surface area (Å²) in [4.78, 5) is 34.9. The Bertz CT molecular complexity index is 1890. The van der Waals surface area contributed by atoms with Crippen molar-refractivity contribution in [3.8, 4) is 17.3 Å². The van der Waals surface area contributed by atoms with E-state index in [1.165, 1.54) is 0 Å². The van der Waals surface area contributed by atoms with E-state index in [1.54, 1.807) is 36.1 Å². The van der Waals surface area contributed by atoms with Crippen molar-refractivity contribution < 1.29 is 9.53 Å². The number of rotatable bonds is 4. The fourth-order valence-corrected chi connectivity index (χ4v) is 4.98. The summed E-state index contributed by atoms with van der Waals surface area (Å²) in [7, 11) is 1.74. The molecule has 3 aromatic heterocycles. The zero-order valence-electron chi connectivity index (χ0n) is 21.6. The van der Waals surface area contributed by atoms with Crippen LogP contribution in [0.1, 0.15) is 34.1 Å². The predicted molar refractivity (Wildman–Crippen MR) is 148 cm³/mol. The van der Waals surface area contributed by atoms with Gasteiger partial charge in [0.2, 0.25) is 0 Å². The summed E-state index contributed by atoms with van der Waals surface area (Å²) in [5, 5.41) is 15.0. The van der Waals surface area contributed by atoms with Gasteiger partial charge in [0.05, 0.1) is 42.7 Å². The van der Waals surface area contributed by atoms with Gasteiger partial charge in [-0.3, -0.25) is 14.6 Å². The Morgan fingerprint density at radius 1 is 1.13 bits per heavy atom. The molecule has 1 aliphatic rings. The molecular weight excluding hydrogens is 490 g/mol. The first-order valence-electron chi connectivity index (χ1n) is 12.6. The largest absolute Gasteiger partial charge is 0.375 e. The second-order valence-corrected chi connectivity index (χ2v) is 10.1. The first-order valence-corrected chi connectivity index (χ1v) is 12.6. The highest BCUT2D eigenvalue weighted by atomic mass is 16.5. The fourth-order valence-electron chi connectivity index (χ4n) is 4.98. The zero-order chi connectivity index (χ0) is 27.1. The van der Waals surface area contributed by atoms with Crippen molar-refractivity contribution in [2.75, 3.05) is 6.61 Å². The highest BCUT2D eigenvalue weighted by molar-refractivity contribution is 5.94. The van der Waals surface area contributed by atoms with Gasteiger partial charge in [-0.05, 0) is 65.9 Å². The van der Waals surface area contributed by atoms with Crippen molar-refractivity contribution in [1.29, 1.82) is 5.26 Å². The average Bonchev–Trinajstić information content (AvgIpc) is 2.97. The third-order valence-corrected chi connectivity index (χ3v) is 7.30. The summed E-state index contributed by atoms with van der Waals surface area (Å²) < 4.78 is 7.12. The van der Waals surface area contributed by atoms with Crippen molar-refractivity contribution in [2.24, 2.45) is 7.05 Å². The first kappa shape index (κ1) is 24.5. The van der Waals surface area contributed by atoms with Crippen LogP contribution in [0.4, 0.5) is 0 Å². The Hall–Kier alpha value is -4.87. The van der Waals surface area contributed by atoms with Crippen molar-refractivity contribution >= 4 is 27.6 Å². The second kappa shape index (κ2) is 9.46. The lowest BCUT2D eigenvalue weighted by atomic mass is 9.79. The second-order valence-electron chi connectivity index (χ2n) is 10.1. The molecule has 0 radical (unpaired) electrons. The van der Waals surface area contributed by atoms with Gasteiger partial charge in [0.25, 0.3) is 11.5 Å². The van der Waals surface area contributed by atoms with Crippen molar-refractivity contribution in [3.63, 3.8) is 0 Å². The van der Waals surface area contributed by atoms with E-state index in [1.807, 2.05) is 55.5 Å². The van der Waals surface area contributed by atoms with Gasteiger partial charge in [0, 0.05) is 41.3 Å². The number of hydrogen-bond donors (Lipinski definition) is 1. The number of carbonyl (C=O) groups is 1. The number of ether oxygens (including phenoxy) is 1. The molecule has 0 saturated carbocycles. The molecule has 192 valence electrons. The molecule has 4 heterocycles. The number of nitrogens with one attached hydrogen (secondary N) is 1. The molecule has 1 atom stereocenters. The Morgan fingerprint density at radius 2 is 1.97 bits per heavy atom. The van der Waals surface area contributed by atoms with Gasteiger partial charge < -0.3 is 14.6 Å². The molecule has 1 aliphatic heterocycles. The Balaban J connectivity index is 1.24. The molecule has 0 fully saturated rings. The normalized spacial score (nSPS) is 16.5. The molecule has 5 aromatic rings. The number of nitriles is 1. The van der Waals surface area contributed by atoms with E-state index in [0.29, 0.717) is 29.9 Å². The summed E-state index contributed by atoms with van der Waals surface area (Å²) >= 11 is 0. The predicted octanol–water partition coefficient (Wildman–Crippen LogP) is 4.39. The van der Waals surface area contributed by atoms with Crippen LogP contribution in [0.15, 0.2) is 77.9 Å². The maximum atomic E-state index is 13.0. The van der Waals surface area contributed by atoms with E-state index in [4.69, 9.17) is 9.72 Å². The number of aromatic nitrogens is 3. The Kier molecular flexibility index (Phi) is 5.93. The molecule has 39 heavy (non-hydrogen) atoms. The molecule has 0 aliphatic carbocycles. The van der Waals surface area contributed by atoms with Crippen LogP contribution in [-0.4, -0.2) is 27.0 Å². The summed E-state index contributed by atoms with van der Waals surface area (Å²) in [6.45, 7) is 2.78. The third kappa shape index (κ3) is 4.43. The highest BCUT2D eigenvalue weighted by Crippen LogP contribution is 2.32. The number of hydrogen-bond acceptors (Lipinski definition) is 6. The maximum absolute atomic E-state index is 13.0. The first-order chi connectivity index (χ1) is 18.8. The molecule has 0 spiro atoms. The van der Waals surface area contributed by atoms with E-state index in [0.717, 1.165) is 38.7 Å². The van der Waals surface area contributed by atoms with Gasteiger partial charge in [0.1, 0.15) is 5.41 Å². The number of carbonyl (C=O) groups excluding carboxylic acids is 1. The highest BCUT2D eigenvalue weighted by Gasteiger charge is 2.33. The fraction of sp³-hybridized carbons (Fsp3) is 0.194. The van der Waals surface area contributed by atoms with E-state index in [-0.39, 0.29) is 18.0 Å². The SMILES string of the molecule is Cn1ccc2ccc(-c3ccc4cnc(CNC(=O)c5ccc6c(c5)[C@](C)(C#N)COC6)cc4n3)cc2c1=O. The van der Waals surface area contributed by atoms with Crippen LogP contribution in [0.5, 0.6) is 0 Å². The van der Waals surface area contributed by atoms with Gasteiger partial charge in [-0.15, -0.1) is 0 Å². The zero-order valence-corrected chi connectivity index (χ0v) is 21.6. The van der Waals surface area contributed by atoms with Gasteiger partial charge in [-0.2, -0.15) is 5.26 Å². The molecule has 2 aromatic carbocycles. The molecule has 0 unspecified atom stereocenters. The average molecular weight is 516 g/mol. The molecule has 8 nitrogen and oxygen atoms in total. The van der Waals surface area contributed by atoms with Crippen LogP contribution < -0.4 is 10.9 Å². The number of fused-ring (bicyclic) bond motifs is 3. The minimum absolute atomic E-state index is 0.0538. The Labute approximate surface area is 224 Å². The van der Waals surface area contributed by atoms with E-state index in [9.17, 15) is 14.9 Å². The van der Waals surface area contributed by atoms with Gasteiger partial charge in [-0.25, -0.2) is 4.98 Å². The van der Waals surface area contributed by atoms with E-state index in [2.05, 4.69) is 16.4 Å². The van der Waals surface area contributed by atoms with Crippen LogP contribution in [0.25, 0.3) is 32.9 Å². The summed E-state index contributed by atoms with van der Waals surface area (Å²) in [6.07, 6.45) is 3.50. The summed E-state index contributed by atoms with van der Waals surface area (Å²) in [6, 6.07) is 21.1. The third-order valence-electron chi connectivity index (χ3n) is 7.30. The van der Waals surface area contributed by atoms with Crippen molar-refractivity contribution in [3.05, 3.63) is 106 Å². The van der Waals surface area contributed by atoms with Gasteiger partial charge >= 0.3 is 0 Å². The molecule has 8 heteroatoms. The minimum atomic E-state index is -0.787. The summed E-state index contributed by atoms with van der Waals surface area (Å²) in [5.74, 6) is -0.245. The van der Waals surface area contributed by atoms with Crippen molar-refractivity contribution in [1.82, 2.24) is 19.9 Å². The molecular formula is C31H25N5O3. The van der Waals surface area contributed by atoms with Crippen LogP contribution in [0.3, 0.4) is 0 Å². The van der Waals surface area contributed by atoms with Gasteiger partial charge in [-0.1, -0.05) is 18.2 Å². The quantitative estimate of drug-likeness (QED) is 0.380. The molecule has 1 N–H and O–H groups in total. The lowest BCUT2D eigenvalue weighted by molar-refractivity contribution is 0.0757. The molecule has 0 saturated heterocycles. The Morgan fingerprint density at radius 3 is 2.82 bits per heavy atom. The summed E-state index contributed by atoms with van der Waals surface area (Å²) in [5.41, 5.74) is 4.40. The number of nitrogens with zero attached hydrogens (tertiary/aromatic N) is 4. The minimum Gasteiger partial charge on any atom is -0.375 e. The van der Waals surface area contributed by atoms with E-state index < -0.39 is 5.41 Å². The van der Waals surface area contributed by atoms with Crippen LogP contribution >= 0.6 is 0 Å². The molecule has 6 rings (SSSR count). The molecule has 1 amide bonds. The van der Waals surface area contributed by atoms with Crippen LogP contribution in [-0.2, 0) is 30.4 Å². The lowest BCUT2D eigenvalue weighted by Gasteiger charge is -2.30. The molecule has 0 bridgehead atoms. The number of aryl methyl sites for hydroxylation is 1. The topological polar surface area (TPSA) is 110 Å². The lowest BCUT2D eigenvalue weighted by Crippen LogP contribution is -2.33. The monoisotopic (exact) mass is 515 g/mol. The number of amides is 1. The number of benzene rings is 2. The standard InChI is InChI=1S/C31H25N5O3/c1-31(17-32)18-39-16-23-6-5-21(12-26(23)31)29(37)34-15-24-13-28-22(14-33-24)7-8-27(35-28)20-4-3-19-9-10-36(2)30(38)25(19)11-20/h3-14H,15-16,18H2,1-2H3,(H,34,37)/t31-/m1/s1. The maximum Gasteiger partial charge on any atom is 0.258 e. The van der Waals surface area contributed by atoms with Crippen molar-refractivity contribution in [2.45, 2.75) is 25.5 Å². The van der Waals surface area contributed by atoms with Gasteiger partial charge in [0.15, 0.2) is 0 Å². The smallest absolute Gasteiger partial charge is 0.258 e. The van der Waals surface area contributed by atoms with Crippen LogP contribution in [0.2, 0.25) is 0 Å². The van der Waals surface area contributed by atoms with Crippen LogP contribution in [0, 0.1) is 11.3 Å². The number of pyridine rings is 3. The van der Waals surface area contributed by atoms with E-state index >= 15 is 0 Å².